The number of rotatable bonds is 6. The molecule has 0 spiro atoms. The molecule has 0 unspecified atom stereocenters. The molecule has 2 atom stereocenters. The van der Waals surface area contributed by atoms with Gasteiger partial charge in [0.15, 0.2) is 11.5 Å². The molecule has 1 saturated carbocycles. The third-order valence-corrected chi connectivity index (χ3v) is 5.07. The van der Waals surface area contributed by atoms with E-state index in [1.807, 2.05) is 6.07 Å². The van der Waals surface area contributed by atoms with Gasteiger partial charge in [0.25, 0.3) is 0 Å². The van der Waals surface area contributed by atoms with Crippen molar-refractivity contribution in [2.24, 2.45) is 17.8 Å². The number of benzene rings is 1. The maximum absolute atomic E-state index is 12.6. The van der Waals surface area contributed by atoms with Crippen molar-refractivity contribution in [3.05, 3.63) is 23.8 Å². The maximum Gasteiger partial charge on any atom is 0.308 e. The molecule has 2 aliphatic rings. The molecular formula is C18H23NO5. The first kappa shape index (κ1) is 16.6. The van der Waals surface area contributed by atoms with Crippen LogP contribution in [0.25, 0.3) is 0 Å². The second kappa shape index (κ2) is 6.71. The van der Waals surface area contributed by atoms with Crippen molar-refractivity contribution >= 4 is 11.9 Å². The minimum atomic E-state index is -0.784. The molecule has 3 rings (SSSR count). The quantitative estimate of drug-likeness (QED) is 0.859. The van der Waals surface area contributed by atoms with Crippen LogP contribution < -0.4 is 9.47 Å². The molecule has 1 aromatic rings. The second-order valence-electron chi connectivity index (χ2n) is 6.61. The van der Waals surface area contributed by atoms with Gasteiger partial charge in [-0.25, -0.2) is 0 Å². The normalized spacial score (nSPS) is 23.2. The van der Waals surface area contributed by atoms with Gasteiger partial charge in [0.1, 0.15) is 0 Å². The summed E-state index contributed by atoms with van der Waals surface area (Å²) in [7, 11) is 3.12. The number of carbonyl (C=O) groups is 2. The standard InChI is InChI=1S/C18H23NO5/c1-23-15-6-3-11(7-16(15)24-2)8-17(20)19-9-13(12-4-5-12)14(10-19)18(21)22/h3,6-7,12-14H,4-5,8-10H2,1-2H3,(H,21,22)/t13-,14+/m0/s1. The van der Waals surface area contributed by atoms with Crippen LogP contribution in [0.1, 0.15) is 18.4 Å². The number of methoxy groups -OCH3 is 2. The Labute approximate surface area is 141 Å². The fourth-order valence-electron chi connectivity index (χ4n) is 3.57. The molecule has 1 aliphatic heterocycles. The molecule has 1 saturated heterocycles. The molecule has 1 amide bonds. The van der Waals surface area contributed by atoms with Crippen LogP contribution in [0.4, 0.5) is 0 Å². The molecule has 1 aromatic carbocycles. The topological polar surface area (TPSA) is 76.1 Å². The predicted molar refractivity (Wildman–Crippen MR) is 87.2 cm³/mol. The van der Waals surface area contributed by atoms with Crippen LogP contribution in [0.15, 0.2) is 18.2 Å². The van der Waals surface area contributed by atoms with Gasteiger partial charge in [0.05, 0.1) is 26.6 Å². The summed E-state index contributed by atoms with van der Waals surface area (Å²) in [6.07, 6.45) is 2.42. The molecule has 1 N–H and O–H groups in total. The Kier molecular flexibility index (Phi) is 4.64. The lowest BCUT2D eigenvalue weighted by molar-refractivity contribution is -0.142. The summed E-state index contributed by atoms with van der Waals surface area (Å²) in [4.78, 5) is 25.7. The number of nitrogens with zero attached hydrogens (tertiary/aromatic N) is 1. The molecular weight excluding hydrogens is 310 g/mol. The lowest BCUT2D eigenvalue weighted by Gasteiger charge is -2.17. The average Bonchev–Trinajstić information content (AvgIpc) is 3.32. The molecule has 130 valence electrons. The lowest BCUT2D eigenvalue weighted by atomic mass is 9.92. The van der Waals surface area contributed by atoms with E-state index in [1.54, 1.807) is 31.3 Å². The van der Waals surface area contributed by atoms with Crippen LogP contribution in [0, 0.1) is 17.8 Å². The molecule has 6 nitrogen and oxygen atoms in total. The lowest BCUT2D eigenvalue weighted by Crippen LogP contribution is -2.31. The number of hydrogen-bond donors (Lipinski definition) is 1. The summed E-state index contributed by atoms with van der Waals surface area (Å²) in [6, 6.07) is 5.40. The minimum absolute atomic E-state index is 0.0309. The van der Waals surface area contributed by atoms with E-state index in [-0.39, 0.29) is 18.2 Å². The first-order valence-corrected chi connectivity index (χ1v) is 8.25. The number of hydrogen-bond acceptors (Lipinski definition) is 4. The van der Waals surface area contributed by atoms with Crippen LogP contribution in [0.2, 0.25) is 0 Å². The van der Waals surface area contributed by atoms with E-state index in [9.17, 15) is 14.7 Å². The first-order chi connectivity index (χ1) is 11.5. The Morgan fingerprint density at radius 1 is 1.17 bits per heavy atom. The largest absolute Gasteiger partial charge is 0.493 e. The SMILES string of the molecule is COc1ccc(CC(=O)N2C[C@@H](C(=O)O)[C@H](C3CC3)C2)cc1OC. The maximum atomic E-state index is 12.6. The van der Waals surface area contributed by atoms with Crippen molar-refractivity contribution in [3.8, 4) is 11.5 Å². The van der Waals surface area contributed by atoms with Gasteiger partial charge in [-0.15, -0.1) is 0 Å². The zero-order valence-electron chi connectivity index (χ0n) is 14.0. The van der Waals surface area contributed by atoms with Crippen molar-refractivity contribution in [2.45, 2.75) is 19.3 Å². The molecule has 1 heterocycles. The van der Waals surface area contributed by atoms with Crippen molar-refractivity contribution in [1.29, 1.82) is 0 Å². The number of likely N-dealkylation sites (tertiary alicyclic amines) is 1. The Hall–Kier alpha value is -2.24. The molecule has 24 heavy (non-hydrogen) atoms. The summed E-state index contributed by atoms with van der Waals surface area (Å²) in [5, 5.41) is 9.41. The van der Waals surface area contributed by atoms with Gasteiger partial charge in [0, 0.05) is 13.1 Å². The van der Waals surface area contributed by atoms with Crippen LogP contribution in [-0.4, -0.2) is 49.2 Å². The fraction of sp³-hybridized carbons (Fsp3) is 0.556. The summed E-state index contributed by atoms with van der Waals surface area (Å²) in [6.45, 7) is 0.885. The van der Waals surface area contributed by atoms with Gasteiger partial charge in [-0.3, -0.25) is 9.59 Å². The van der Waals surface area contributed by atoms with Gasteiger partial charge in [-0.05, 0) is 42.4 Å². The first-order valence-electron chi connectivity index (χ1n) is 8.25. The van der Waals surface area contributed by atoms with Crippen LogP contribution in [-0.2, 0) is 16.0 Å². The molecule has 1 aliphatic carbocycles. The number of carboxylic acids is 1. The van der Waals surface area contributed by atoms with Gasteiger partial charge >= 0.3 is 5.97 Å². The van der Waals surface area contributed by atoms with Gasteiger partial charge < -0.3 is 19.5 Å². The highest BCUT2D eigenvalue weighted by molar-refractivity contribution is 5.81. The smallest absolute Gasteiger partial charge is 0.308 e. The second-order valence-corrected chi connectivity index (χ2v) is 6.61. The van der Waals surface area contributed by atoms with Crippen LogP contribution in [0.3, 0.4) is 0 Å². The summed E-state index contributed by atoms with van der Waals surface area (Å²) in [5.41, 5.74) is 0.833. The van der Waals surface area contributed by atoms with E-state index in [2.05, 4.69) is 0 Å². The van der Waals surface area contributed by atoms with E-state index in [0.717, 1.165) is 18.4 Å². The number of carboxylic acid groups (broad SMARTS) is 1. The highest BCUT2D eigenvalue weighted by Crippen LogP contribution is 2.44. The van der Waals surface area contributed by atoms with Crippen LogP contribution >= 0.6 is 0 Å². The zero-order chi connectivity index (χ0) is 17.3. The van der Waals surface area contributed by atoms with E-state index >= 15 is 0 Å². The van der Waals surface area contributed by atoms with Crippen molar-refractivity contribution in [1.82, 2.24) is 4.90 Å². The van der Waals surface area contributed by atoms with E-state index in [4.69, 9.17) is 9.47 Å². The van der Waals surface area contributed by atoms with E-state index in [0.29, 0.717) is 30.5 Å². The highest BCUT2D eigenvalue weighted by atomic mass is 16.5. The highest BCUT2D eigenvalue weighted by Gasteiger charge is 2.46. The number of carbonyl (C=O) groups excluding carboxylic acids is 1. The molecule has 0 radical (unpaired) electrons. The Balaban J connectivity index is 1.68. The van der Waals surface area contributed by atoms with Crippen molar-refractivity contribution in [3.63, 3.8) is 0 Å². The predicted octanol–water partition coefficient (Wildman–Crippen LogP) is 1.82. The Morgan fingerprint density at radius 2 is 1.88 bits per heavy atom. The van der Waals surface area contributed by atoms with Gasteiger partial charge in [0.2, 0.25) is 5.91 Å². The van der Waals surface area contributed by atoms with Crippen LogP contribution in [0.5, 0.6) is 11.5 Å². The minimum Gasteiger partial charge on any atom is -0.493 e. The van der Waals surface area contributed by atoms with E-state index in [1.165, 1.54) is 0 Å². The number of ether oxygens (including phenoxy) is 2. The molecule has 6 heteroatoms. The number of aliphatic carboxylic acids is 1. The zero-order valence-corrected chi connectivity index (χ0v) is 14.0. The Morgan fingerprint density at radius 3 is 2.46 bits per heavy atom. The number of amides is 1. The van der Waals surface area contributed by atoms with E-state index < -0.39 is 11.9 Å². The summed E-state index contributed by atoms with van der Waals surface area (Å²) >= 11 is 0. The fourth-order valence-corrected chi connectivity index (χ4v) is 3.57. The average molecular weight is 333 g/mol. The van der Waals surface area contributed by atoms with Gasteiger partial charge in [-0.2, -0.15) is 0 Å². The monoisotopic (exact) mass is 333 g/mol. The molecule has 0 bridgehead atoms. The Bertz CT molecular complexity index is 640. The summed E-state index contributed by atoms with van der Waals surface area (Å²) < 4.78 is 10.5. The van der Waals surface area contributed by atoms with Gasteiger partial charge in [-0.1, -0.05) is 6.07 Å². The third-order valence-electron chi connectivity index (χ3n) is 5.07. The third kappa shape index (κ3) is 3.32. The van der Waals surface area contributed by atoms with Crippen molar-refractivity contribution < 1.29 is 24.2 Å². The molecule has 2 fully saturated rings. The molecule has 0 aromatic heterocycles. The summed E-state index contributed by atoms with van der Waals surface area (Å²) in [5.74, 6) is 0.553. The van der Waals surface area contributed by atoms with Crippen molar-refractivity contribution in [2.75, 3.05) is 27.3 Å².